The molecule has 1 heterocycles. The third kappa shape index (κ3) is 3.88. The van der Waals surface area contributed by atoms with Crippen molar-refractivity contribution in [2.45, 2.75) is 19.9 Å². The van der Waals surface area contributed by atoms with Gasteiger partial charge in [-0.25, -0.2) is 4.79 Å². The van der Waals surface area contributed by atoms with Crippen molar-refractivity contribution in [1.82, 2.24) is 5.32 Å². The molecule has 1 unspecified atom stereocenters. The molecule has 1 rings (SSSR count). The summed E-state index contributed by atoms with van der Waals surface area (Å²) in [5.41, 5.74) is 0. The van der Waals surface area contributed by atoms with E-state index in [0.29, 0.717) is 5.92 Å². The summed E-state index contributed by atoms with van der Waals surface area (Å²) in [7, 11) is 1.41. The molecule has 0 spiro atoms. The predicted octanol–water partition coefficient (Wildman–Crippen LogP) is 2.97. The second kappa shape index (κ2) is 6.37. The van der Waals surface area contributed by atoms with Gasteiger partial charge < -0.3 is 4.74 Å². The van der Waals surface area contributed by atoms with Gasteiger partial charge in [0.05, 0.1) is 7.11 Å². The Labute approximate surface area is 108 Å². The number of hydrogen-bond acceptors (Lipinski definition) is 4. The minimum Gasteiger partial charge on any atom is -0.468 e. The molecule has 1 aromatic heterocycles. The van der Waals surface area contributed by atoms with Crippen molar-refractivity contribution >= 4 is 33.2 Å². The van der Waals surface area contributed by atoms with Crippen LogP contribution in [0.5, 0.6) is 0 Å². The Balaban J connectivity index is 2.75. The van der Waals surface area contributed by atoms with Crippen LogP contribution in [-0.4, -0.2) is 19.6 Å². The van der Waals surface area contributed by atoms with Gasteiger partial charge in [-0.3, -0.25) is 5.32 Å². The molecule has 0 saturated carbocycles. The monoisotopic (exact) mass is 305 g/mol. The number of carbonyl (C=O) groups is 1. The Bertz CT molecular complexity index is 352. The first-order chi connectivity index (χ1) is 7.54. The van der Waals surface area contributed by atoms with Crippen LogP contribution in [0.2, 0.25) is 0 Å². The van der Waals surface area contributed by atoms with Crippen molar-refractivity contribution in [1.29, 1.82) is 0 Å². The summed E-state index contributed by atoms with van der Waals surface area (Å²) >= 11 is 4.92. The van der Waals surface area contributed by atoms with Gasteiger partial charge in [0.15, 0.2) is 0 Å². The number of carbonyl (C=O) groups excluding carboxylic acids is 1. The van der Waals surface area contributed by atoms with E-state index in [2.05, 4.69) is 35.1 Å². The lowest BCUT2D eigenvalue weighted by atomic mass is 10.2. The van der Waals surface area contributed by atoms with Crippen molar-refractivity contribution in [2.24, 2.45) is 5.92 Å². The highest BCUT2D eigenvalue weighted by Gasteiger charge is 2.22. The minimum atomic E-state index is -0.358. The van der Waals surface area contributed by atoms with Gasteiger partial charge in [0, 0.05) is 14.7 Å². The van der Waals surface area contributed by atoms with E-state index in [0.717, 1.165) is 15.9 Å². The third-order valence-corrected chi connectivity index (χ3v) is 3.80. The maximum absolute atomic E-state index is 11.6. The van der Waals surface area contributed by atoms with Gasteiger partial charge in [0.1, 0.15) is 6.04 Å². The van der Waals surface area contributed by atoms with Gasteiger partial charge >= 0.3 is 5.97 Å². The summed E-state index contributed by atoms with van der Waals surface area (Å²) in [6.07, 6.45) is 0. The lowest BCUT2D eigenvalue weighted by molar-refractivity contribution is -0.143. The highest BCUT2D eigenvalue weighted by atomic mass is 79.9. The summed E-state index contributed by atoms with van der Waals surface area (Å²) in [6, 6.07) is 1.59. The number of rotatable bonds is 5. The maximum atomic E-state index is 11.6. The average molecular weight is 306 g/mol. The normalized spacial score (nSPS) is 12.8. The van der Waals surface area contributed by atoms with Crippen LogP contribution in [0.15, 0.2) is 15.9 Å². The Kier molecular flexibility index (Phi) is 5.44. The summed E-state index contributed by atoms with van der Waals surface area (Å²) in [6.45, 7) is 4.99. The average Bonchev–Trinajstić information content (AvgIpc) is 2.64. The molecule has 0 saturated heterocycles. The molecule has 0 bridgehead atoms. The van der Waals surface area contributed by atoms with E-state index in [-0.39, 0.29) is 12.0 Å². The zero-order chi connectivity index (χ0) is 12.1. The van der Waals surface area contributed by atoms with Gasteiger partial charge in [0.25, 0.3) is 0 Å². The van der Waals surface area contributed by atoms with Crippen molar-refractivity contribution in [3.8, 4) is 0 Å². The van der Waals surface area contributed by atoms with E-state index < -0.39 is 0 Å². The van der Waals surface area contributed by atoms with Gasteiger partial charge in [-0.05, 0) is 34.5 Å². The molecule has 1 aromatic rings. The van der Waals surface area contributed by atoms with E-state index in [4.69, 9.17) is 4.74 Å². The van der Waals surface area contributed by atoms with E-state index in [1.807, 2.05) is 11.4 Å². The number of nitrogens with one attached hydrogen (secondary N) is 1. The molecule has 0 aliphatic heterocycles. The maximum Gasteiger partial charge on any atom is 0.328 e. The Morgan fingerprint density at radius 1 is 1.62 bits per heavy atom. The van der Waals surface area contributed by atoms with Crippen LogP contribution in [0.4, 0.5) is 0 Å². The van der Waals surface area contributed by atoms with E-state index in [1.165, 1.54) is 7.11 Å². The number of esters is 1. The Hall–Kier alpha value is -0.390. The Morgan fingerprint density at radius 3 is 2.75 bits per heavy atom. The topological polar surface area (TPSA) is 38.3 Å². The standard InChI is InChI=1S/C11H16BrNO2S/c1-7(2)5-13-10(11(14)15-3)9-4-8(12)6-16-9/h4,6-7,10,13H,5H2,1-3H3. The summed E-state index contributed by atoms with van der Waals surface area (Å²) in [5.74, 6) is 0.255. The van der Waals surface area contributed by atoms with Crippen molar-refractivity contribution < 1.29 is 9.53 Å². The lowest BCUT2D eigenvalue weighted by Gasteiger charge is -2.16. The van der Waals surface area contributed by atoms with Crippen LogP contribution in [0, 0.1) is 5.92 Å². The lowest BCUT2D eigenvalue weighted by Crippen LogP contribution is -2.31. The van der Waals surface area contributed by atoms with Gasteiger partial charge in [-0.15, -0.1) is 11.3 Å². The molecule has 16 heavy (non-hydrogen) atoms. The quantitative estimate of drug-likeness (QED) is 0.850. The predicted molar refractivity (Wildman–Crippen MR) is 69.6 cm³/mol. The van der Waals surface area contributed by atoms with E-state index in [9.17, 15) is 4.79 Å². The fourth-order valence-corrected chi connectivity index (χ4v) is 2.76. The molecule has 0 aliphatic carbocycles. The number of hydrogen-bond donors (Lipinski definition) is 1. The fraction of sp³-hybridized carbons (Fsp3) is 0.545. The summed E-state index contributed by atoms with van der Waals surface area (Å²) in [5, 5.41) is 5.18. The van der Waals surface area contributed by atoms with Gasteiger partial charge in [0.2, 0.25) is 0 Å². The second-order valence-corrected chi connectivity index (χ2v) is 5.78. The van der Waals surface area contributed by atoms with Crippen LogP contribution in [0.25, 0.3) is 0 Å². The zero-order valence-corrected chi connectivity index (χ0v) is 12.0. The van der Waals surface area contributed by atoms with E-state index >= 15 is 0 Å². The second-order valence-electron chi connectivity index (χ2n) is 3.93. The fourth-order valence-electron chi connectivity index (χ4n) is 1.25. The van der Waals surface area contributed by atoms with Crippen LogP contribution in [-0.2, 0) is 9.53 Å². The highest BCUT2D eigenvalue weighted by Crippen LogP contribution is 2.26. The SMILES string of the molecule is COC(=O)C(NCC(C)C)c1cc(Br)cs1. The molecule has 1 atom stereocenters. The number of thiophene rings is 1. The number of methoxy groups -OCH3 is 1. The molecular weight excluding hydrogens is 290 g/mol. The van der Waals surface area contributed by atoms with Crippen LogP contribution < -0.4 is 5.32 Å². The molecule has 1 N–H and O–H groups in total. The summed E-state index contributed by atoms with van der Waals surface area (Å²) in [4.78, 5) is 12.6. The Morgan fingerprint density at radius 2 is 2.31 bits per heavy atom. The molecule has 0 amide bonds. The van der Waals surface area contributed by atoms with Crippen molar-refractivity contribution in [2.75, 3.05) is 13.7 Å². The number of ether oxygens (including phenoxy) is 1. The van der Waals surface area contributed by atoms with Crippen LogP contribution >= 0.6 is 27.3 Å². The largest absolute Gasteiger partial charge is 0.468 e. The molecule has 90 valence electrons. The minimum absolute atomic E-state index is 0.241. The molecule has 3 nitrogen and oxygen atoms in total. The van der Waals surface area contributed by atoms with E-state index in [1.54, 1.807) is 11.3 Å². The smallest absolute Gasteiger partial charge is 0.328 e. The molecule has 0 aliphatic rings. The molecule has 0 fully saturated rings. The third-order valence-electron chi connectivity index (χ3n) is 2.04. The van der Waals surface area contributed by atoms with Gasteiger partial charge in [-0.1, -0.05) is 13.8 Å². The molecular formula is C11H16BrNO2S. The summed E-state index contributed by atoms with van der Waals surface area (Å²) < 4.78 is 5.79. The van der Waals surface area contributed by atoms with Gasteiger partial charge in [-0.2, -0.15) is 0 Å². The molecule has 0 radical (unpaired) electrons. The number of halogens is 1. The molecule has 5 heteroatoms. The zero-order valence-electron chi connectivity index (χ0n) is 9.62. The first kappa shape index (κ1) is 13.7. The first-order valence-electron chi connectivity index (χ1n) is 5.09. The highest BCUT2D eigenvalue weighted by molar-refractivity contribution is 9.10. The molecule has 0 aromatic carbocycles. The van der Waals surface area contributed by atoms with Crippen molar-refractivity contribution in [3.63, 3.8) is 0 Å². The van der Waals surface area contributed by atoms with Crippen LogP contribution in [0.3, 0.4) is 0 Å². The van der Waals surface area contributed by atoms with Crippen molar-refractivity contribution in [3.05, 3.63) is 20.8 Å². The van der Waals surface area contributed by atoms with Crippen LogP contribution in [0.1, 0.15) is 24.8 Å². The first-order valence-corrected chi connectivity index (χ1v) is 6.77.